The number of aromatic hydroxyl groups is 1. The molecule has 0 saturated carbocycles. The lowest BCUT2D eigenvalue weighted by molar-refractivity contribution is 0.439. The zero-order valence-corrected chi connectivity index (χ0v) is 12.2. The molecule has 112 valence electrons. The Bertz CT molecular complexity index is 655. The Hall–Kier alpha value is -1.95. The Morgan fingerprint density at radius 3 is 2.86 bits per heavy atom. The molecule has 1 aromatic carbocycles. The van der Waals surface area contributed by atoms with Crippen molar-refractivity contribution in [1.82, 2.24) is 20.1 Å². The number of nitrogens with zero attached hydrogens (tertiary/aromatic N) is 3. The van der Waals surface area contributed by atoms with Crippen molar-refractivity contribution in [2.45, 2.75) is 45.3 Å². The molecule has 2 aromatic rings. The molecule has 0 radical (unpaired) electrons. The topological polar surface area (TPSA) is 63.0 Å². The molecule has 5 nitrogen and oxygen atoms in total. The van der Waals surface area contributed by atoms with Gasteiger partial charge in [0.05, 0.1) is 6.04 Å². The standard InChI is InChI=1S/C15H19FN4O/c1-9(12-6-5-11(21)8-13(12)16)17-10(2)15-19-18-14-4-3-7-20(14)15/h5-6,8-10,17,21H,3-4,7H2,1-2H3. The van der Waals surface area contributed by atoms with Crippen molar-refractivity contribution in [2.75, 3.05) is 0 Å². The van der Waals surface area contributed by atoms with Crippen molar-refractivity contribution in [2.24, 2.45) is 0 Å². The van der Waals surface area contributed by atoms with Crippen LogP contribution in [0.1, 0.15) is 49.6 Å². The van der Waals surface area contributed by atoms with Gasteiger partial charge in [-0.25, -0.2) is 4.39 Å². The predicted octanol–water partition coefficient (Wildman–Crippen LogP) is 2.48. The number of nitrogens with one attached hydrogen (secondary N) is 1. The molecule has 1 aromatic heterocycles. The van der Waals surface area contributed by atoms with Crippen molar-refractivity contribution in [3.63, 3.8) is 0 Å². The molecule has 0 saturated heterocycles. The first kappa shape index (κ1) is 14.0. The highest BCUT2D eigenvalue weighted by molar-refractivity contribution is 5.29. The highest BCUT2D eigenvalue weighted by Gasteiger charge is 2.23. The van der Waals surface area contributed by atoms with Gasteiger partial charge in [0, 0.05) is 30.6 Å². The van der Waals surface area contributed by atoms with Gasteiger partial charge in [-0.05, 0) is 26.3 Å². The first-order chi connectivity index (χ1) is 10.1. The number of hydrogen-bond donors (Lipinski definition) is 2. The molecule has 0 amide bonds. The average Bonchev–Trinajstić information content (AvgIpc) is 3.00. The summed E-state index contributed by atoms with van der Waals surface area (Å²) in [4.78, 5) is 0. The highest BCUT2D eigenvalue weighted by Crippen LogP contribution is 2.25. The SMILES string of the molecule is CC(NC(C)c1nnc2n1CCC2)c1ccc(O)cc1F. The van der Waals surface area contributed by atoms with Crippen molar-refractivity contribution in [3.8, 4) is 5.75 Å². The van der Waals surface area contributed by atoms with Gasteiger partial charge in [0.15, 0.2) is 0 Å². The summed E-state index contributed by atoms with van der Waals surface area (Å²) in [6, 6.07) is 4.02. The Labute approximate surface area is 122 Å². The van der Waals surface area contributed by atoms with Crippen LogP contribution in [0, 0.1) is 5.82 Å². The summed E-state index contributed by atoms with van der Waals surface area (Å²) in [6.45, 7) is 4.85. The normalized spacial score (nSPS) is 16.7. The first-order valence-corrected chi connectivity index (χ1v) is 7.22. The molecule has 0 spiro atoms. The molecule has 2 heterocycles. The third kappa shape index (κ3) is 2.63. The van der Waals surface area contributed by atoms with Crippen LogP contribution in [-0.4, -0.2) is 19.9 Å². The quantitative estimate of drug-likeness (QED) is 0.908. The van der Waals surface area contributed by atoms with E-state index in [-0.39, 0.29) is 17.8 Å². The fourth-order valence-electron chi connectivity index (χ4n) is 2.90. The third-order valence-electron chi connectivity index (χ3n) is 3.98. The molecule has 2 atom stereocenters. The number of benzene rings is 1. The molecule has 21 heavy (non-hydrogen) atoms. The Kier molecular flexibility index (Phi) is 3.63. The van der Waals surface area contributed by atoms with E-state index in [1.807, 2.05) is 13.8 Å². The molecule has 0 fully saturated rings. The Balaban J connectivity index is 1.76. The Morgan fingerprint density at radius 2 is 2.10 bits per heavy atom. The molecule has 3 rings (SSSR count). The summed E-state index contributed by atoms with van der Waals surface area (Å²) in [5, 5.41) is 21.0. The van der Waals surface area contributed by atoms with Crippen molar-refractivity contribution >= 4 is 0 Å². The summed E-state index contributed by atoms with van der Waals surface area (Å²) in [6.07, 6.45) is 2.08. The van der Waals surface area contributed by atoms with Crippen LogP contribution in [0.15, 0.2) is 18.2 Å². The number of aromatic nitrogens is 3. The lowest BCUT2D eigenvalue weighted by Crippen LogP contribution is -2.25. The average molecular weight is 290 g/mol. The molecule has 1 aliphatic rings. The van der Waals surface area contributed by atoms with Gasteiger partial charge in [-0.15, -0.1) is 10.2 Å². The lowest BCUT2D eigenvalue weighted by Gasteiger charge is -2.20. The van der Waals surface area contributed by atoms with E-state index < -0.39 is 5.82 Å². The maximum Gasteiger partial charge on any atom is 0.149 e. The van der Waals surface area contributed by atoms with Crippen LogP contribution in [0.5, 0.6) is 5.75 Å². The number of halogens is 1. The maximum atomic E-state index is 13.9. The van der Waals surface area contributed by atoms with Crippen molar-refractivity contribution < 1.29 is 9.50 Å². The number of rotatable bonds is 4. The van der Waals surface area contributed by atoms with Crippen LogP contribution in [0.4, 0.5) is 4.39 Å². The molecule has 0 bridgehead atoms. The van der Waals surface area contributed by atoms with Gasteiger partial charge in [-0.1, -0.05) is 6.07 Å². The molecule has 2 N–H and O–H groups in total. The minimum atomic E-state index is -0.409. The van der Waals surface area contributed by atoms with E-state index in [0.717, 1.165) is 37.1 Å². The summed E-state index contributed by atoms with van der Waals surface area (Å²) in [5.41, 5.74) is 0.529. The molecule has 0 aliphatic carbocycles. The number of hydrogen-bond acceptors (Lipinski definition) is 4. The number of fused-ring (bicyclic) bond motifs is 1. The van der Waals surface area contributed by atoms with Gasteiger partial charge in [0.1, 0.15) is 23.2 Å². The second-order valence-corrected chi connectivity index (χ2v) is 5.55. The van der Waals surface area contributed by atoms with E-state index in [1.165, 1.54) is 6.07 Å². The third-order valence-corrected chi connectivity index (χ3v) is 3.98. The molecule has 2 unspecified atom stereocenters. The van der Waals surface area contributed by atoms with Gasteiger partial charge in [0.2, 0.25) is 0 Å². The number of phenols is 1. The number of aryl methyl sites for hydroxylation is 1. The van der Waals surface area contributed by atoms with Crippen molar-refractivity contribution in [3.05, 3.63) is 41.2 Å². The van der Waals surface area contributed by atoms with E-state index in [4.69, 9.17) is 0 Å². The second kappa shape index (κ2) is 5.44. The second-order valence-electron chi connectivity index (χ2n) is 5.55. The summed E-state index contributed by atoms with van der Waals surface area (Å²) < 4.78 is 16.0. The molecular weight excluding hydrogens is 271 g/mol. The smallest absolute Gasteiger partial charge is 0.149 e. The highest BCUT2D eigenvalue weighted by atomic mass is 19.1. The van der Waals surface area contributed by atoms with Crippen molar-refractivity contribution in [1.29, 1.82) is 0 Å². The van der Waals surface area contributed by atoms with E-state index in [2.05, 4.69) is 20.1 Å². The van der Waals surface area contributed by atoms with Crippen LogP contribution >= 0.6 is 0 Å². The van der Waals surface area contributed by atoms with Crippen LogP contribution in [-0.2, 0) is 13.0 Å². The Morgan fingerprint density at radius 1 is 1.29 bits per heavy atom. The van der Waals surface area contributed by atoms with E-state index in [9.17, 15) is 9.50 Å². The zero-order chi connectivity index (χ0) is 15.0. The van der Waals surface area contributed by atoms with Gasteiger partial charge >= 0.3 is 0 Å². The minimum absolute atomic E-state index is 0.0208. The fraction of sp³-hybridized carbons (Fsp3) is 0.467. The first-order valence-electron chi connectivity index (χ1n) is 7.22. The molecule has 6 heteroatoms. The lowest BCUT2D eigenvalue weighted by atomic mass is 10.1. The predicted molar refractivity (Wildman–Crippen MR) is 76.4 cm³/mol. The maximum absolute atomic E-state index is 13.9. The van der Waals surface area contributed by atoms with Crippen LogP contribution in [0.3, 0.4) is 0 Å². The monoisotopic (exact) mass is 290 g/mol. The largest absolute Gasteiger partial charge is 0.508 e. The van der Waals surface area contributed by atoms with Crippen LogP contribution in [0.25, 0.3) is 0 Å². The summed E-state index contributed by atoms with van der Waals surface area (Å²) >= 11 is 0. The van der Waals surface area contributed by atoms with Crippen LogP contribution in [0.2, 0.25) is 0 Å². The van der Waals surface area contributed by atoms with Gasteiger partial charge in [-0.3, -0.25) is 0 Å². The van der Waals surface area contributed by atoms with Gasteiger partial charge in [-0.2, -0.15) is 0 Å². The summed E-state index contributed by atoms with van der Waals surface area (Å²) in [7, 11) is 0. The zero-order valence-electron chi connectivity index (χ0n) is 12.2. The minimum Gasteiger partial charge on any atom is -0.508 e. The van der Waals surface area contributed by atoms with E-state index in [1.54, 1.807) is 6.07 Å². The fourth-order valence-corrected chi connectivity index (χ4v) is 2.90. The summed E-state index contributed by atoms with van der Waals surface area (Å²) in [5.74, 6) is 1.45. The van der Waals surface area contributed by atoms with Crippen LogP contribution < -0.4 is 5.32 Å². The van der Waals surface area contributed by atoms with Gasteiger partial charge in [0.25, 0.3) is 0 Å². The van der Waals surface area contributed by atoms with E-state index >= 15 is 0 Å². The number of phenolic OH excluding ortho intramolecular Hbond substituents is 1. The van der Waals surface area contributed by atoms with E-state index in [0.29, 0.717) is 5.56 Å². The van der Waals surface area contributed by atoms with Gasteiger partial charge < -0.3 is 15.0 Å². The molecule has 1 aliphatic heterocycles. The molecular formula is C15H19FN4O.